The summed E-state index contributed by atoms with van der Waals surface area (Å²) in [5.41, 5.74) is 0. The van der Waals surface area contributed by atoms with Crippen LogP contribution in [0.15, 0.2) is 18.3 Å². The number of nitrogens with one attached hydrogen (secondary N) is 1. The van der Waals surface area contributed by atoms with E-state index >= 15 is 0 Å². The molecule has 1 heterocycles. The van der Waals surface area contributed by atoms with Crippen molar-refractivity contribution in [3.8, 4) is 5.88 Å². The maximum absolute atomic E-state index is 5.88. The van der Waals surface area contributed by atoms with Crippen LogP contribution in [0.2, 0.25) is 5.02 Å². The molecule has 0 aliphatic rings. The fraction of sp³-hybridized carbons (Fsp3) is 0.545. The summed E-state index contributed by atoms with van der Waals surface area (Å²) in [7, 11) is 0. The first-order chi connectivity index (χ1) is 7.20. The van der Waals surface area contributed by atoms with Crippen LogP contribution < -0.4 is 10.1 Å². The van der Waals surface area contributed by atoms with Gasteiger partial charge in [0.15, 0.2) is 0 Å². The van der Waals surface area contributed by atoms with Crippen LogP contribution in [-0.2, 0) is 0 Å². The van der Waals surface area contributed by atoms with Crippen LogP contribution in [0.5, 0.6) is 5.88 Å². The molecule has 0 saturated heterocycles. The Hall–Kier alpha value is -0.800. The molecule has 0 fully saturated rings. The van der Waals surface area contributed by atoms with Crippen molar-refractivity contribution < 1.29 is 4.74 Å². The lowest BCUT2D eigenvalue weighted by Crippen LogP contribution is -2.25. The van der Waals surface area contributed by atoms with Gasteiger partial charge < -0.3 is 10.1 Å². The highest BCUT2D eigenvalue weighted by Crippen LogP contribution is 2.19. The third-order valence-electron chi connectivity index (χ3n) is 1.79. The second-order valence-electron chi connectivity index (χ2n) is 3.74. The largest absolute Gasteiger partial charge is 0.475 e. The molecule has 0 bridgehead atoms. The fourth-order valence-corrected chi connectivity index (χ4v) is 1.26. The Kier molecular flexibility index (Phi) is 5.43. The number of hydrogen-bond donors (Lipinski definition) is 1. The Bertz CT molecular complexity index is 292. The quantitative estimate of drug-likeness (QED) is 0.759. The Morgan fingerprint density at radius 2 is 2.33 bits per heavy atom. The van der Waals surface area contributed by atoms with Crippen molar-refractivity contribution in [2.75, 3.05) is 19.7 Å². The predicted octanol–water partition coefficient (Wildman–Crippen LogP) is 2.36. The first-order valence-corrected chi connectivity index (χ1v) is 5.52. The van der Waals surface area contributed by atoms with Crippen molar-refractivity contribution >= 4 is 11.6 Å². The number of nitrogens with zero attached hydrogens (tertiary/aromatic N) is 1. The van der Waals surface area contributed by atoms with E-state index in [-0.39, 0.29) is 0 Å². The third kappa shape index (κ3) is 5.00. The molecule has 0 aliphatic heterocycles. The Morgan fingerprint density at radius 3 is 3.00 bits per heavy atom. The molecule has 0 spiro atoms. The lowest BCUT2D eigenvalue weighted by molar-refractivity contribution is 0.300. The van der Waals surface area contributed by atoms with Crippen molar-refractivity contribution in [2.45, 2.75) is 13.8 Å². The van der Waals surface area contributed by atoms with Crippen LogP contribution in [0.4, 0.5) is 0 Å². The zero-order valence-electron chi connectivity index (χ0n) is 9.16. The van der Waals surface area contributed by atoms with Gasteiger partial charge in [-0.15, -0.1) is 0 Å². The van der Waals surface area contributed by atoms with Crippen LogP contribution in [-0.4, -0.2) is 24.7 Å². The standard InChI is InChI=1S/C11H17ClN2O/c1-9(2)8-13-6-7-15-11-10(12)4-3-5-14-11/h3-5,9,13H,6-8H2,1-2H3. The molecule has 0 atom stereocenters. The van der Waals surface area contributed by atoms with Gasteiger partial charge in [0.25, 0.3) is 0 Å². The minimum Gasteiger partial charge on any atom is -0.475 e. The Morgan fingerprint density at radius 1 is 1.53 bits per heavy atom. The topological polar surface area (TPSA) is 34.1 Å². The first kappa shape index (κ1) is 12.3. The van der Waals surface area contributed by atoms with Crippen molar-refractivity contribution in [3.05, 3.63) is 23.4 Å². The average molecular weight is 229 g/mol. The average Bonchev–Trinajstić information content (AvgIpc) is 2.20. The highest BCUT2D eigenvalue weighted by atomic mass is 35.5. The Balaban J connectivity index is 2.18. The molecule has 0 radical (unpaired) electrons. The van der Waals surface area contributed by atoms with E-state index in [1.165, 1.54) is 0 Å². The summed E-state index contributed by atoms with van der Waals surface area (Å²) >= 11 is 5.88. The van der Waals surface area contributed by atoms with Crippen LogP contribution in [0.3, 0.4) is 0 Å². The lowest BCUT2D eigenvalue weighted by Gasteiger charge is -2.08. The molecular weight excluding hydrogens is 212 g/mol. The van der Waals surface area contributed by atoms with E-state index in [2.05, 4.69) is 24.1 Å². The van der Waals surface area contributed by atoms with Gasteiger partial charge in [-0.2, -0.15) is 0 Å². The van der Waals surface area contributed by atoms with E-state index in [4.69, 9.17) is 16.3 Å². The number of ether oxygens (including phenoxy) is 1. The van der Waals surface area contributed by atoms with E-state index in [0.29, 0.717) is 23.4 Å². The monoisotopic (exact) mass is 228 g/mol. The molecule has 1 N–H and O–H groups in total. The number of aromatic nitrogens is 1. The summed E-state index contributed by atoms with van der Waals surface area (Å²) in [5.74, 6) is 1.16. The minimum absolute atomic E-state index is 0.505. The summed E-state index contributed by atoms with van der Waals surface area (Å²) in [6.07, 6.45) is 1.67. The molecule has 84 valence electrons. The van der Waals surface area contributed by atoms with Crippen LogP contribution >= 0.6 is 11.6 Å². The second-order valence-corrected chi connectivity index (χ2v) is 4.14. The molecule has 15 heavy (non-hydrogen) atoms. The van der Waals surface area contributed by atoms with Crippen molar-refractivity contribution in [1.82, 2.24) is 10.3 Å². The molecule has 0 unspecified atom stereocenters. The maximum atomic E-state index is 5.88. The van der Waals surface area contributed by atoms with Crippen molar-refractivity contribution in [1.29, 1.82) is 0 Å². The molecule has 1 aromatic heterocycles. The highest BCUT2D eigenvalue weighted by Gasteiger charge is 2.00. The fourth-order valence-electron chi connectivity index (χ4n) is 1.09. The minimum atomic E-state index is 0.505. The van der Waals surface area contributed by atoms with E-state index < -0.39 is 0 Å². The second kappa shape index (κ2) is 6.64. The highest BCUT2D eigenvalue weighted by molar-refractivity contribution is 6.31. The molecule has 4 heteroatoms. The van der Waals surface area contributed by atoms with Gasteiger partial charge in [-0.1, -0.05) is 25.4 Å². The normalized spacial score (nSPS) is 10.7. The maximum Gasteiger partial charge on any atom is 0.232 e. The van der Waals surface area contributed by atoms with Gasteiger partial charge in [0.2, 0.25) is 5.88 Å². The van der Waals surface area contributed by atoms with Crippen molar-refractivity contribution in [3.63, 3.8) is 0 Å². The van der Waals surface area contributed by atoms with Crippen LogP contribution in [0.25, 0.3) is 0 Å². The number of pyridine rings is 1. The lowest BCUT2D eigenvalue weighted by atomic mass is 10.2. The number of rotatable bonds is 6. The Labute approximate surface area is 95.8 Å². The van der Waals surface area contributed by atoms with Gasteiger partial charge in [-0.25, -0.2) is 4.98 Å². The first-order valence-electron chi connectivity index (χ1n) is 5.14. The molecule has 3 nitrogen and oxygen atoms in total. The summed E-state index contributed by atoms with van der Waals surface area (Å²) in [5, 5.41) is 3.84. The third-order valence-corrected chi connectivity index (χ3v) is 2.08. The van der Waals surface area contributed by atoms with E-state index in [0.717, 1.165) is 13.1 Å². The molecule has 0 aromatic carbocycles. The summed E-state index contributed by atoms with van der Waals surface area (Å²) in [6.45, 7) is 6.74. The molecular formula is C11H17ClN2O. The van der Waals surface area contributed by atoms with Gasteiger partial charge in [0.05, 0.1) is 0 Å². The molecule has 0 amide bonds. The SMILES string of the molecule is CC(C)CNCCOc1ncccc1Cl. The molecule has 0 aliphatic carbocycles. The van der Waals surface area contributed by atoms with Gasteiger partial charge in [-0.3, -0.25) is 0 Å². The molecule has 1 rings (SSSR count). The number of halogens is 1. The van der Waals surface area contributed by atoms with E-state index in [1.807, 2.05) is 0 Å². The zero-order valence-corrected chi connectivity index (χ0v) is 9.92. The zero-order chi connectivity index (χ0) is 11.1. The summed E-state index contributed by atoms with van der Waals surface area (Å²) < 4.78 is 5.41. The molecule has 1 aromatic rings. The van der Waals surface area contributed by atoms with Gasteiger partial charge >= 0.3 is 0 Å². The van der Waals surface area contributed by atoms with Crippen molar-refractivity contribution in [2.24, 2.45) is 5.92 Å². The molecule has 0 saturated carbocycles. The van der Waals surface area contributed by atoms with E-state index in [9.17, 15) is 0 Å². The summed E-state index contributed by atoms with van der Waals surface area (Å²) in [4.78, 5) is 4.03. The summed E-state index contributed by atoms with van der Waals surface area (Å²) in [6, 6.07) is 3.55. The number of hydrogen-bond acceptors (Lipinski definition) is 3. The van der Waals surface area contributed by atoms with Gasteiger partial charge in [0.1, 0.15) is 11.6 Å². The van der Waals surface area contributed by atoms with Crippen LogP contribution in [0.1, 0.15) is 13.8 Å². The van der Waals surface area contributed by atoms with Crippen LogP contribution in [0, 0.1) is 5.92 Å². The smallest absolute Gasteiger partial charge is 0.232 e. The van der Waals surface area contributed by atoms with E-state index in [1.54, 1.807) is 18.3 Å². The van der Waals surface area contributed by atoms with Gasteiger partial charge in [-0.05, 0) is 24.6 Å². The predicted molar refractivity (Wildman–Crippen MR) is 62.4 cm³/mol. The van der Waals surface area contributed by atoms with Gasteiger partial charge in [0, 0.05) is 12.7 Å².